The Bertz CT molecular complexity index is 1730. The van der Waals surface area contributed by atoms with Gasteiger partial charge in [-0.25, -0.2) is 10.9 Å². The highest BCUT2D eigenvalue weighted by Gasteiger charge is 2.24. The molecule has 0 bridgehead atoms. The standard InChI is InChI=1S/C32H32N6O6/c1-41-26-15-7-13-24(28(26)43-3)31(39)34-21-10-5-9-20(17-21)30-36-38(19-37(30)33)23-12-6-11-22(18-23)35-32(40)25-14-8-16-27(42-2)29(25)44-4/h5-18H,19,33H2,1-4H3,(H,34,39)(H,35,40). The van der Waals surface area contributed by atoms with Crippen molar-refractivity contribution in [3.05, 3.63) is 102 Å². The molecule has 2 amide bonds. The van der Waals surface area contributed by atoms with Crippen molar-refractivity contribution in [3.8, 4) is 23.0 Å². The zero-order valence-electron chi connectivity index (χ0n) is 24.7. The molecule has 0 aromatic heterocycles. The Morgan fingerprint density at radius 3 is 1.77 bits per heavy atom. The zero-order chi connectivity index (χ0) is 31.2. The van der Waals surface area contributed by atoms with E-state index in [1.165, 1.54) is 33.4 Å². The number of nitrogens with one attached hydrogen (secondary N) is 2. The van der Waals surface area contributed by atoms with Crippen molar-refractivity contribution in [2.24, 2.45) is 10.9 Å². The second-order valence-corrected chi connectivity index (χ2v) is 9.56. The second kappa shape index (κ2) is 13.0. The first-order chi connectivity index (χ1) is 21.4. The van der Waals surface area contributed by atoms with E-state index >= 15 is 0 Å². The molecular weight excluding hydrogens is 564 g/mol. The molecule has 0 radical (unpaired) electrons. The van der Waals surface area contributed by atoms with Crippen LogP contribution in [0, 0.1) is 0 Å². The molecule has 1 aliphatic heterocycles. The highest BCUT2D eigenvalue weighted by Crippen LogP contribution is 2.33. The van der Waals surface area contributed by atoms with E-state index < -0.39 is 0 Å². The lowest BCUT2D eigenvalue weighted by molar-refractivity contribution is 0.101. The molecule has 0 fully saturated rings. The molecule has 12 nitrogen and oxygen atoms in total. The summed E-state index contributed by atoms with van der Waals surface area (Å²) in [6.07, 6.45) is 0. The number of anilines is 3. The van der Waals surface area contributed by atoms with Crippen molar-refractivity contribution in [3.63, 3.8) is 0 Å². The first-order valence-corrected chi connectivity index (χ1v) is 13.5. The number of para-hydroxylation sites is 2. The lowest BCUT2D eigenvalue weighted by Crippen LogP contribution is -2.37. The van der Waals surface area contributed by atoms with E-state index in [0.717, 1.165) is 0 Å². The van der Waals surface area contributed by atoms with Crippen LogP contribution in [0.5, 0.6) is 23.0 Å². The van der Waals surface area contributed by atoms with Gasteiger partial charge in [0.25, 0.3) is 11.8 Å². The number of amides is 2. The third kappa shape index (κ3) is 6.05. The molecule has 44 heavy (non-hydrogen) atoms. The van der Waals surface area contributed by atoms with Crippen molar-refractivity contribution in [2.45, 2.75) is 0 Å². The molecule has 0 saturated carbocycles. The number of rotatable bonds is 10. The summed E-state index contributed by atoms with van der Waals surface area (Å²) in [7, 11) is 5.99. The number of hydrogen-bond donors (Lipinski definition) is 3. The van der Waals surface area contributed by atoms with Crippen LogP contribution in [0.1, 0.15) is 26.3 Å². The SMILES string of the molecule is COc1cccc(C(=O)Nc2cccc(C3=NN(c4cccc(NC(=O)c5cccc(OC)c5OC)c4)CN3N)c2)c1OC. The summed E-state index contributed by atoms with van der Waals surface area (Å²) in [6, 6.07) is 24.6. The average Bonchev–Trinajstić information content (AvgIpc) is 3.45. The van der Waals surface area contributed by atoms with Crippen LogP contribution in [0.25, 0.3) is 0 Å². The number of carbonyl (C=O) groups is 2. The molecule has 226 valence electrons. The van der Waals surface area contributed by atoms with Crippen LogP contribution < -0.4 is 40.4 Å². The molecule has 0 spiro atoms. The minimum Gasteiger partial charge on any atom is -0.493 e. The van der Waals surface area contributed by atoms with Gasteiger partial charge in [0.05, 0.1) is 45.3 Å². The van der Waals surface area contributed by atoms with Crippen molar-refractivity contribution < 1.29 is 28.5 Å². The predicted molar refractivity (Wildman–Crippen MR) is 168 cm³/mol. The fraction of sp³-hybridized carbons (Fsp3) is 0.156. The van der Waals surface area contributed by atoms with Crippen LogP contribution >= 0.6 is 0 Å². The number of hydrazone groups is 1. The van der Waals surface area contributed by atoms with Gasteiger partial charge in [0.1, 0.15) is 6.67 Å². The summed E-state index contributed by atoms with van der Waals surface area (Å²) in [5.74, 6) is 7.74. The van der Waals surface area contributed by atoms with Gasteiger partial charge in [0.2, 0.25) is 0 Å². The molecule has 0 atom stereocenters. The van der Waals surface area contributed by atoms with Crippen molar-refractivity contribution in [1.29, 1.82) is 0 Å². The minimum absolute atomic E-state index is 0.258. The summed E-state index contributed by atoms with van der Waals surface area (Å²) in [4.78, 5) is 26.2. The van der Waals surface area contributed by atoms with Gasteiger partial charge in [-0.2, -0.15) is 5.10 Å². The number of methoxy groups -OCH3 is 4. The molecule has 4 N–H and O–H groups in total. The smallest absolute Gasteiger partial charge is 0.259 e. The van der Waals surface area contributed by atoms with Crippen molar-refractivity contribution in [1.82, 2.24) is 5.01 Å². The summed E-state index contributed by atoms with van der Waals surface area (Å²) in [5, 5.41) is 13.7. The summed E-state index contributed by atoms with van der Waals surface area (Å²) in [6.45, 7) is 0.258. The van der Waals surface area contributed by atoms with Gasteiger partial charge in [-0.3, -0.25) is 14.6 Å². The van der Waals surface area contributed by atoms with Gasteiger partial charge >= 0.3 is 0 Å². The summed E-state index contributed by atoms with van der Waals surface area (Å²) in [5.41, 5.74) is 3.18. The lowest BCUT2D eigenvalue weighted by atomic mass is 10.1. The van der Waals surface area contributed by atoms with E-state index in [9.17, 15) is 9.59 Å². The molecule has 0 saturated heterocycles. The average molecular weight is 597 g/mol. The van der Waals surface area contributed by atoms with Gasteiger partial charge in [0.15, 0.2) is 28.8 Å². The Morgan fingerprint density at radius 2 is 1.23 bits per heavy atom. The number of hydrogen-bond acceptors (Lipinski definition) is 10. The van der Waals surface area contributed by atoms with E-state index in [4.69, 9.17) is 29.9 Å². The third-order valence-corrected chi connectivity index (χ3v) is 6.85. The first kappa shape index (κ1) is 29.7. The zero-order valence-corrected chi connectivity index (χ0v) is 24.7. The Balaban J connectivity index is 1.34. The fourth-order valence-corrected chi connectivity index (χ4v) is 4.79. The maximum absolute atomic E-state index is 13.1. The monoisotopic (exact) mass is 596 g/mol. The van der Waals surface area contributed by atoms with Crippen molar-refractivity contribution >= 4 is 34.7 Å². The maximum atomic E-state index is 13.1. The van der Waals surface area contributed by atoms with E-state index in [1.807, 2.05) is 18.2 Å². The molecule has 4 aromatic carbocycles. The maximum Gasteiger partial charge on any atom is 0.259 e. The topological polar surface area (TPSA) is 140 Å². The molecular formula is C32H32N6O6. The molecule has 5 rings (SSSR count). The lowest BCUT2D eigenvalue weighted by Gasteiger charge is -2.17. The van der Waals surface area contributed by atoms with Crippen LogP contribution in [-0.4, -0.2) is 57.8 Å². The fourth-order valence-electron chi connectivity index (χ4n) is 4.79. The Labute approximate surface area is 254 Å². The normalized spacial score (nSPS) is 12.3. The van der Waals surface area contributed by atoms with Crippen LogP contribution in [0.15, 0.2) is 90.0 Å². The number of nitrogens with two attached hydrogens (primary N) is 1. The van der Waals surface area contributed by atoms with E-state index in [-0.39, 0.29) is 18.5 Å². The Kier molecular flexibility index (Phi) is 8.82. The van der Waals surface area contributed by atoms with Gasteiger partial charge in [-0.1, -0.05) is 30.3 Å². The van der Waals surface area contributed by atoms with Crippen LogP contribution in [-0.2, 0) is 0 Å². The van der Waals surface area contributed by atoms with Crippen LogP contribution in [0.3, 0.4) is 0 Å². The number of nitrogens with zero attached hydrogens (tertiary/aromatic N) is 3. The summed E-state index contributed by atoms with van der Waals surface area (Å²) >= 11 is 0. The molecule has 12 heteroatoms. The van der Waals surface area contributed by atoms with E-state index in [1.54, 1.807) is 71.7 Å². The molecule has 1 aliphatic rings. The number of carbonyl (C=O) groups excluding carboxylic acids is 2. The first-order valence-electron chi connectivity index (χ1n) is 13.5. The predicted octanol–water partition coefficient (Wildman–Crippen LogP) is 4.54. The van der Waals surface area contributed by atoms with Gasteiger partial charge in [0, 0.05) is 16.9 Å². The number of amidine groups is 1. The summed E-state index contributed by atoms with van der Waals surface area (Å²) < 4.78 is 21.4. The van der Waals surface area contributed by atoms with E-state index in [0.29, 0.717) is 62.6 Å². The molecule has 0 aliphatic carbocycles. The number of benzene rings is 4. The number of ether oxygens (including phenoxy) is 4. The van der Waals surface area contributed by atoms with Gasteiger partial charge in [-0.05, 0) is 54.6 Å². The largest absolute Gasteiger partial charge is 0.493 e. The van der Waals surface area contributed by atoms with Crippen LogP contribution in [0.2, 0.25) is 0 Å². The Morgan fingerprint density at radius 1 is 0.705 bits per heavy atom. The highest BCUT2D eigenvalue weighted by molar-refractivity contribution is 6.08. The molecule has 0 unspecified atom stereocenters. The Hall–Kier alpha value is -5.75. The van der Waals surface area contributed by atoms with Gasteiger partial charge in [-0.15, -0.1) is 0 Å². The minimum atomic E-state index is -0.358. The van der Waals surface area contributed by atoms with Crippen molar-refractivity contribution in [2.75, 3.05) is 50.8 Å². The molecule has 1 heterocycles. The number of hydrazine groups is 1. The highest BCUT2D eigenvalue weighted by atomic mass is 16.5. The second-order valence-electron chi connectivity index (χ2n) is 9.56. The molecule has 4 aromatic rings. The third-order valence-electron chi connectivity index (χ3n) is 6.85. The van der Waals surface area contributed by atoms with E-state index in [2.05, 4.69) is 10.6 Å². The van der Waals surface area contributed by atoms with Gasteiger partial charge < -0.3 is 29.6 Å². The quantitative estimate of drug-likeness (QED) is 0.225. The van der Waals surface area contributed by atoms with Crippen LogP contribution in [0.4, 0.5) is 17.1 Å².